The molecule has 0 aliphatic carbocycles. The number of alkyl halides is 3. The van der Waals surface area contributed by atoms with Gasteiger partial charge in [0.2, 0.25) is 0 Å². The van der Waals surface area contributed by atoms with Crippen molar-refractivity contribution in [2.75, 3.05) is 17.2 Å². The maximum Gasteiger partial charge on any atom is 0.417 e. The largest absolute Gasteiger partial charge is 0.417 e. The first-order chi connectivity index (χ1) is 11.9. The number of carbonyl (C=O) groups is 1. The predicted octanol–water partition coefficient (Wildman–Crippen LogP) is 3.96. The van der Waals surface area contributed by atoms with Crippen molar-refractivity contribution in [1.82, 2.24) is 4.98 Å². The Kier molecular flexibility index (Phi) is 4.89. The second-order valence-corrected chi connectivity index (χ2v) is 5.62. The average Bonchev–Trinajstić information content (AvgIpc) is 3.11. The molecule has 1 unspecified atom stereocenters. The van der Waals surface area contributed by atoms with Crippen LogP contribution in [0.5, 0.6) is 0 Å². The van der Waals surface area contributed by atoms with Gasteiger partial charge >= 0.3 is 6.18 Å². The standard InChI is InChI=1S/C17H16F3N3O2/c18-17(19,20)11-3-8-15(21-10-11)22-12-4-6-13(7-5-12)23-16(24)14-2-1-9-25-14/h3-8,10,14H,1-2,9H2,(H,21,22)(H,23,24). The fraction of sp³-hybridized carbons (Fsp3) is 0.294. The fourth-order valence-corrected chi connectivity index (χ4v) is 2.43. The molecule has 8 heteroatoms. The third-order valence-electron chi connectivity index (χ3n) is 3.74. The summed E-state index contributed by atoms with van der Waals surface area (Å²) in [4.78, 5) is 15.7. The molecular weight excluding hydrogens is 335 g/mol. The van der Waals surface area contributed by atoms with Crippen molar-refractivity contribution in [1.29, 1.82) is 0 Å². The van der Waals surface area contributed by atoms with Gasteiger partial charge in [0, 0.05) is 24.2 Å². The summed E-state index contributed by atoms with van der Waals surface area (Å²) in [5, 5.41) is 5.67. The van der Waals surface area contributed by atoms with Crippen LogP contribution < -0.4 is 10.6 Å². The molecule has 1 aromatic heterocycles. The molecule has 0 saturated carbocycles. The van der Waals surface area contributed by atoms with Crippen LogP contribution in [0.25, 0.3) is 0 Å². The molecule has 1 amide bonds. The van der Waals surface area contributed by atoms with E-state index in [1.54, 1.807) is 24.3 Å². The van der Waals surface area contributed by atoms with Crippen LogP contribution in [-0.2, 0) is 15.7 Å². The zero-order chi connectivity index (χ0) is 17.9. The van der Waals surface area contributed by atoms with E-state index >= 15 is 0 Å². The molecule has 1 aliphatic heterocycles. The van der Waals surface area contributed by atoms with Gasteiger partial charge in [-0.15, -0.1) is 0 Å². The van der Waals surface area contributed by atoms with Gasteiger partial charge in [-0.3, -0.25) is 4.79 Å². The molecule has 2 N–H and O–H groups in total. The number of pyridine rings is 1. The second kappa shape index (κ2) is 7.10. The molecule has 0 radical (unpaired) electrons. The minimum atomic E-state index is -4.41. The van der Waals surface area contributed by atoms with Crippen molar-refractivity contribution < 1.29 is 22.7 Å². The highest BCUT2D eigenvalue weighted by molar-refractivity contribution is 5.94. The minimum absolute atomic E-state index is 0.178. The Morgan fingerprint density at radius 2 is 1.84 bits per heavy atom. The Hall–Kier alpha value is -2.61. The maximum atomic E-state index is 12.5. The highest BCUT2D eigenvalue weighted by Gasteiger charge is 2.30. The van der Waals surface area contributed by atoms with Gasteiger partial charge in [-0.1, -0.05) is 0 Å². The highest BCUT2D eigenvalue weighted by Crippen LogP contribution is 2.29. The van der Waals surface area contributed by atoms with E-state index in [2.05, 4.69) is 15.6 Å². The van der Waals surface area contributed by atoms with E-state index in [1.165, 1.54) is 6.07 Å². The average molecular weight is 351 g/mol. The summed E-state index contributed by atoms with van der Waals surface area (Å²) >= 11 is 0. The van der Waals surface area contributed by atoms with Crippen LogP contribution in [0.3, 0.4) is 0 Å². The molecule has 1 aromatic carbocycles. The van der Waals surface area contributed by atoms with Crippen molar-refractivity contribution in [3.05, 3.63) is 48.2 Å². The molecule has 25 heavy (non-hydrogen) atoms. The summed E-state index contributed by atoms with van der Waals surface area (Å²) < 4.78 is 42.8. The number of anilines is 3. The summed E-state index contributed by atoms with van der Waals surface area (Å²) in [5.41, 5.74) is 0.457. The number of nitrogens with zero attached hydrogens (tertiary/aromatic N) is 1. The Morgan fingerprint density at radius 1 is 1.12 bits per heavy atom. The molecule has 3 rings (SSSR count). The number of halogens is 3. The number of benzene rings is 1. The summed E-state index contributed by atoms with van der Waals surface area (Å²) in [6.45, 7) is 0.598. The van der Waals surface area contributed by atoms with Crippen molar-refractivity contribution in [3.63, 3.8) is 0 Å². The molecule has 132 valence electrons. The third-order valence-corrected chi connectivity index (χ3v) is 3.74. The summed E-state index contributed by atoms with van der Waals surface area (Å²) in [6, 6.07) is 9.01. The Labute approximate surface area is 142 Å². The zero-order valence-corrected chi connectivity index (χ0v) is 13.1. The maximum absolute atomic E-state index is 12.5. The van der Waals surface area contributed by atoms with Gasteiger partial charge in [-0.05, 0) is 49.2 Å². The molecule has 0 bridgehead atoms. The Bertz CT molecular complexity index is 724. The number of amides is 1. The second-order valence-electron chi connectivity index (χ2n) is 5.62. The van der Waals surface area contributed by atoms with Crippen LogP contribution >= 0.6 is 0 Å². The lowest BCUT2D eigenvalue weighted by Gasteiger charge is -2.11. The van der Waals surface area contributed by atoms with Crippen LogP contribution in [0.2, 0.25) is 0 Å². The van der Waals surface area contributed by atoms with Gasteiger partial charge < -0.3 is 15.4 Å². The van der Waals surface area contributed by atoms with Crippen molar-refractivity contribution >= 4 is 23.1 Å². The van der Waals surface area contributed by atoms with E-state index in [4.69, 9.17) is 4.74 Å². The lowest BCUT2D eigenvalue weighted by molar-refractivity contribution is -0.137. The van der Waals surface area contributed by atoms with Gasteiger partial charge in [-0.2, -0.15) is 13.2 Å². The van der Waals surface area contributed by atoms with Gasteiger partial charge in [0.15, 0.2) is 0 Å². The summed E-state index contributed by atoms with van der Waals surface area (Å²) in [5.74, 6) is 0.117. The van der Waals surface area contributed by atoms with Crippen molar-refractivity contribution in [2.24, 2.45) is 0 Å². The number of ether oxygens (including phenoxy) is 1. The van der Waals surface area contributed by atoms with Gasteiger partial charge in [-0.25, -0.2) is 4.98 Å². The van der Waals surface area contributed by atoms with Crippen LogP contribution in [0.4, 0.5) is 30.4 Å². The topological polar surface area (TPSA) is 63.2 Å². The number of hydrogen-bond acceptors (Lipinski definition) is 4. The zero-order valence-electron chi connectivity index (χ0n) is 13.1. The van der Waals surface area contributed by atoms with Crippen LogP contribution in [-0.4, -0.2) is 23.6 Å². The SMILES string of the molecule is O=C(Nc1ccc(Nc2ccc(C(F)(F)F)cn2)cc1)C1CCCO1. The molecule has 1 fully saturated rings. The molecule has 0 spiro atoms. The molecule has 1 aliphatic rings. The molecule has 2 heterocycles. The molecule has 1 saturated heterocycles. The molecule has 2 aromatic rings. The number of carbonyl (C=O) groups excluding carboxylic acids is 1. The van der Waals surface area contributed by atoms with Gasteiger partial charge in [0.1, 0.15) is 11.9 Å². The smallest absolute Gasteiger partial charge is 0.368 e. The van der Waals surface area contributed by atoms with Gasteiger partial charge in [0.25, 0.3) is 5.91 Å². The van der Waals surface area contributed by atoms with Crippen LogP contribution in [0, 0.1) is 0 Å². The first kappa shape index (κ1) is 17.2. The number of rotatable bonds is 4. The summed E-state index contributed by atoms with van der Waals surface area (Å²) in [7, 11) is 0. The lowest BCUT2D eigenvalue weighted by Crippen LogP contribution is -2.26. The normalized spacial score (nSPS) is 17.3. The van der Waals surface area contributed by atoms with E-state index < -0.39 is 17.8 Å². The lowest BCUT2D eigenvalue weighted by atomic mass is 10.2. The fourth-order valence-electron chi connectivity index (χ4n) is 2.43. The number of hydrogen-bond donors (Lipinski definition) is 2. The van der Waals surface area contributed by atoms with E-state index in [-0.39, 0.29) is 5.91 Å². The number of nitrogens with one attached hydrogen (secondary N) is 2. The van der Waals surface area contributed by atoms with E-state index in [0.29, 0.717) is 30.2 Å². The van der Waals surface area contributed by atoms with Crippen molar-refractivity contribution in [3.8, 4) is 0 Å². The first-order valence-corrected chi connectivity index (χ1v) is 7.74. The van der Waals surface area contributed by atoms with Crippen molar-refractivity contribution in [2.45, 2.75) is 25.1 Å². The molecular formula is C17H16F3N3O2. The Morgan fingerprint density at radius 3 is 2.40 bits per heavy atom. The quantitative estimate of drug-likeness (QED) is 0.875. The number of aromatic nitrogens is 1. The van der Waals surface area contributed by atoms with Crippen LogP contribution in [0.15, 0.2) is 42.6 Å². The summed E-state index contributed by atoms with van der Waals surface area (Å²) in [6.07, 6.45) is -2.45. The molecule has 1 atom stereocenters. The predicted molar refractivity (Wildman–Crippen MR) is 86.6 cm³/mol. The highest BCUT2D eigenvalue weighted by atomic mass is 19.4. The van der Waals surface area contributed by atoms with E-state index in [0.717, 1.165) is 18.7 Å². The first-order valence-electron chi connectivity index (χ1n) is 7.74. The monoisotopic (exact) mass is 351 g/mol. The Balaban J connectivity index is 1.59. The van der Waals surface area contributed by atoms with Crippen LogP contribution in [0.1, 0.15) is 18.4 Å². The van der Waals surface area contributed by atoms with E-state index in [1.807, 2.05) is 0 Å². The van der Waals surface area contributed by atoms with Gasteiger partial charge in [0.05, 0.1) is 5.56 Å². The van der Waals surface area contributed by atoms with E-state index in [9.17, 15) is 18.0 Å². The third kappa shape index (κ3) is 4.48. The minimum Gasteiger partial charge on any atom is -0.368 e. The molecule has 5 nitrogen and oxygen atoms in total.